The number of carbonyl (C=O) groups is 1. The number of fused-ring (bicyclic) bond motifs is 1. The fourth-order valence-electron chi connectivity index (χ4n) is 4.20. The number of anilines is 1. The number of rotatable bonds is 14. The monoisotopic (exact) mass is 480 g/mol. The fourth-order valence-corrected chi connectivity index (χ4v) is 4.37. The molecule has 0 saturated heterocycles. The maximum atomic E-state index is 13.1. The Labute approximate surface area is 208 Å². The van der Waals surface area contributed by atoms with E-state index in [0.717, 1.165) is 40.7 Å². The van der Waals surface area contributed by atoms with Crippen LogP contribution in [0.1, 0.15) is 69.5 Å². The number of halogens is 1. The summed E-state index contributed by atoms with van der Waals surface area (Å²) in [6.07, 6.45) is 12.6. The van der Waals surface area contributed by atoms with Gasteiger partial charge in [-0.25, -0.2) is 0 Å². The van der Waals surface area contributed by atoms with E-state index in [9.17, 15) is 4.79 Å². The molecule has 0 atom stereocenters. The van der Waals surface area contributed by atoms with E-state index in [2.05, 4.69) is 22.2 Å². The first kappa shape index (κ1) is 26.0. The summed E-state index contributed by atoms with van der Waals surface area (Å²) < 4.78 is 0. The number of benzene rings is 1. The Balaban J connectivity index is 1.59. The van der Waals surface area contributed by atoms with Crippen molar-refractivity contribution >= 4 is 34.1 Å². The largest absolute Gasteiger partial charge is 0.383 e. The molecule has 1 N–H and O–H groups in total. The summed E-state index contributed by atoms with van der Waals surface area (Å²) in [5.41, 5.74) is 3.90. The number of carbonyl (C=O) groups excluding carboxylic acids is 1. The minimum absolute atomic E-state index is 0.207. The SMILES string of the molecule is CCCCCCCCCC(=O)N(CCNc1cc(C)nc2ccc(Cl)cc12)Cc1cccnc1. The van der Waals surface area contributed by atoms with Crippen LogP contribution in [0, 0.1) is 6.92 Å². The first-order valence-electron chi connectivity index (χ1n) is 12.5. The van der Waals surface area contributed by atoms with Crippen molar-refractivity contribution in [2.45, 2.75) is 71.8 Å². The molecule has 1 aromatic carbocycles. The van der Waals surface area contributed by atoms with E-state index in [-0.39, 0.29) is 5.91 Å². The molecule has 6 heteroatoms. The minimum atomic E-state index is 0.207. The number of amides is 1. The molecule has 182 valence electrons. The molecule has 2 heterocycles. The lowest BCUT2D eigenvalue weighted by Crippen LogP contribution is -2.34. The van der Waals surface area contributed by atoms with Crippen molar-refractivity contribution in [2.75, 3.05) is 18.4 Å². The Kier molecular flexibility index (Phi) is 10.6. The Bertz CT molecular complexity index is 1040. The summed E-state index contributed by atoms with van der Waals surface area (Å²) in [7, 11) is 0. The van der Waals surface area contributed by atoms with Crippen LogP contribution in [0.2, 0.25) is 5.02 Å². The summed E-state index contributed by atoms with van der Waals surface area (Å²) in [6.45, 7) is 6.06. The highest BCUT2D eigenvalue weighted by atomic mass is 35.5. The van der Waals surface area contributed by atoms with E-state index in [0.29, 0.717) is 31.1 Å². The van der Waals surface area contributed by atoms with E-state index in [1.165, 1.54) is 32.1 Å². The van der Waals surface area contributed by atoms with Gasteiger partial charge in [-0.15, -0.1) is 0 Å². The zero-order chi connectivity index (χ0) is 24.2. The highest BCUT2D eigenvalue weighted by Gasteiger charge is 2.14. The molecule has 0 aliphatic carbocycles. The lowest BCUT2D eigenvalue weighted by atomic mass is 10.1. The molecule has 0 fully saturated rings. The number of unbranched alkanes of at least 4 members (excludes halogenated alkanes) is 6. The lowest BCUT2D eigenvalue weighted by molar-refractivity contribution is -0.131. The molecule has 0 saturated carbocycles. The van der Waals surface area contributed by atoms with Crippen LogP contribution in [0.25, 0.3) is 10.9 Å². The Morgan fingerprint density at radius 2 is 1.85 bits per heavy atom. The standard InChI is InChI=1S/C28H37ClN4O/c1-3-4-5-6-7-8-9-12-28(34)33(21-23-11-10-15-30-20-23)17-16-31-27-18-22(2)32-26-14-13-24(29)19-25(26)27/h10-11,13-15,18-20H,3-9,12,16-17,21H2,1-2H3,(H,31,32). The van der Waals surface area contributed by atoms with Crippen molar-refractivity contribution in [1.29, 1.82) is 0 Å². The van der Waals surface area contributed by atoms with Crippen LogP contribution in [0.4, 0.5) is 5.69 Å². The van der Waals surface area contributed by atoms with Gasteiger partial charge in [0.2, 0.25) is 5.91 Å². The van der Waals surface area contributed by atoms with E-state index >= 15 is 0 Å². The Morgan fingerprint density at radius 1 is 1.06 bits per heavy atom. The summed E-state index contributed by atoms with van der Waals surface area (Å²) in [4.78, 5) is 23.8. The topological polar surface area (TPSA) is 58.1 Å². The van der Waals surface area contributed by atoms with Gasteiger partial charge in [-0.05, 0) is 49.2 Å². The van der Waals surface area contributed by atoms with Gasteiger partial charge in [0, 0.05) is 60.2 Å². The van der Waals surface area contributed by atoms with E-state index < -0.39 is 0 Å². The molecule has 3 rings (SSSR count). The van der Waals surface area contributed by atoms with Gasteiger partial charge in [-0.3, -0.25) is 14.8 Å². The smallest absolute Gasteiger partial charge is 0.222 e. The highest BCUT2D eigenvalue weighted by Crippen LogP contribution is 2.26. The number of hydrogen-bond acceptors (Lipinski definition) is 4. The molecule has 34 heavy (non-hydrogen) atoms. The van der Waals surface area contributed by atoms with Gasteiger partial charge in [0.15, 0.2) is 0 Å². The van der Waals surface area contributed by atoms with E-state index in [1.54, 1.807) is 6.20 Å². The third-order valence-corrected chi connectivity index (χ3v) is 6.27. The molecule has 0 spiro atoms. The van der Waals surface area contributed by atoms with Crippen LogP contribution in [0.15, 0.2) is 48.8 Å². The van der Waals surface area contributed by atoms with Gasteiger partial charge in [-0.1, -0.05) is 63.1 Å². The molecule has 5 nitrogen and oxygen atoms in total. The Morgan fingerprint density at radius 3 is 2.62 bits per heavy atom. The van der Waals surface area contributed by atoms with Crippen LogP contribution in [0.3, 0.4) is 0 Å². The molecule has 0 radical (unpaired) electrons. The third kappa shape index (κ3) is 8.28. The van der Waals surface area contributed by atoms with Crippen molar-refractivity contribution in [3.8, 4) is 0 Å². The number of aromatic nitrogens is 2. The van der Waals surface area contributed by atoms with Crippen molar-refractivity contribution in [2.24, 2.45) is 0 Å². The van der Waals surface area contributed by atoms with Crippen LogP contribution in [-0.4, -0.2) is 33.9 Å². The Hall–Kier alpha value is -2.66. The maximum absolute atomic E-state index is 13.1. The van der Waals surface area contributed by atoms with Crippen LogP contribution < -0.4 is 5.32 Å². The van der Waals surface area contributed by atoms with Crippen LogP contribution >= 0.6 is 11.6 Å². The molecule has 2 aromatic heterocycles. The van der Waals surface area contributed by atoms with Crippen molar-refractivity contribution < 1.29 is 4.79 Å². The number of nitrogens with zero attached hydrogens (tertiary/aromatic N) is 3. The number of aryl methyl sites for hydroxylation is 1. The van der Waals surface area contributed by atoms with Gasteiger partial charge in [0.1, 0.15) is 0 Å². The summed E-state index contributed by atoms with van der Waals surface area (Å²) in [6, 6.07) is 11.7. The zero-order valence-electron chi connectivity index (χ0n) is 20.5. The molecular formula is C28H37ClN4O. The highest BCUT2D eigenvalue weighted by molar-refractivity contribution is 6.31. The van der Waals surface area contributed by atoms with Crippen LogP contribution in [-0.2, 0) is 11.3 Å². The fraction of sp³-hybridized carbons (Fsp3) is 0.464. The van der Waals surface area contributed by atoms with Gasteiger partial charge in [0.25, 0.3) is 0 Å². The summed E-state index contributed by atoms with van der Waals surface area (Å²) in [5.74, 6) is 0.207. The van der Waals surface area contributed by atoms with Gasteiger partial charge < -0.3 is 10.2 Å². The number of nitrogens with one attached hydrogen (secondary N) is 1. The quantitative estimate of drug-likeness (QED) is 0.248. The molecule has 0 bridgehead atoms. The third-order valence-electron chi connectivity index (χ3n) is 6.04. The molecule has 1 amide bonds. The van der Waals surface area contributed by atoms with Gasteiger partial charge >= 0.3 is 0 Å². The molecular weight excluding hydrogens is 444 g/mol. The van der Waals surface area contributed by atoms with Crippen molar-refractivity contribution in [3.05, 3.63) is 65.1 Å². The second-order valence-electron chi connectivity index (χ2n) is 8.95. The van der Waals surface area contributed by atoms with E-state index in [1.807, 2.05) is 54.4 Å². The van der Waals surface area contributed by atoms with Crippen LogP contribution in [0.5, 0.6) is 0 Å². The normalized spacial score (nSPS) is 11.0. The predicted molar refractivity (Wildman–Crippen MR) is 142 cm³/mol. The first-order chi connectivity index (χ1) is 16.6. The average molecular weight is 481 g/mol. The molecule has 0 aliphatic heterocycles. The predicted octanol–water partition coefficient (Wildman–Crippen LogP) is 7.17. The zero-order valence-corrected chi connectivity index (χ0v) is 21.3. The van der Waals surface area contributed by atoms with E-state index in [4.69, 9.17) is 11.6 Å². The molecule has 0 unspecified atom stereocenters. The summed E-state index contributed by atoms with van der Waals surface area (Å²) >= 11 is 6.23. The van der Waals surface area contributed by atoms with Gasteiger partial charge in [0.05, 0.1) is 5.52 Å². The lowest BCUT2D eigenvalue weighted by Gasteiger charge is -2.24. The maximum Gasteiger partial charge on any atom is 0.222 e. The molecule has 3 aromatic rings. The summed E-state index contributed by atoms with van der Waals surface area (Å²) in [5, 5.41) is 5.19. The van der Waals surface area contributed by atoms with Crippen molar-refractivity contribution in [1.82, 2.24) is 14.9 Å². The minimum Gasteiger partial charge on any atom is -0.383 e. The molecule has 0 aliphatic rings. The van der Waals surface area contributed by atoms with Gasteiger partial charge in [-0.2, -0.15) is 0 Å². The van der Waals surface area contributed by atoms with Crippen molar-refractivity contribution in [3.63, 3.8) is 0 Å². The average Bonchev–Trinajstić information content (AvgIpc) is 2.83. The second-order valence-corrected chi connectivity index (χ2v) is 9.38. The second kappa shape index (κ2) is 13.9. The first-order valence-corrected chi connectivity index (χ1v) is 12.9. The number of pyridine rings is 2. The number of hydrogen-bond donors (Lipinski definition) is 1.